The summed E-state index contributed by atoms with van der Waals surface area (Å²) in [4.78, 5) is 5.28. The summed E-state index contributed by atoms with van der Waals surface area (Å²) in [5.74, 6) is 5.52. The van der Waals surface area contributed by atoms with Gasteiger partial charge in [0.2, 0.25) is 0 Å². The van der Waals surface area contributed by atoms with E-state index in [1.807, 2.05) is 21.1 Å². The number of hydrogen-bond acceptors (Lipinski definition) is 2. The van der Waals surface area contributed by atoms with E-state index < -0.39 is 0 Å². The van der Waals surface area contributed by atoms with E-state index in [2.05, 4.69) is 0 Å². The molecule has 0 fully saturated rings. The van der Waals surface area contributed by atoms with E-state index in [1.54, 1.807) is 14.1 Å². The third kappa shape index (κ3) is 7.84. The Hall–Kier alpha value is -0.160. The maximum atomic E-state index is 5.52. The Balaban J connectivity index is 3.75. The van der Waals surface area contributed by atoms with Gasteiger partial charge in [0, 0.05) is 4.94 Å². The predicted octanol–water partition coefficient (Wildman–Crippen LogP) is -0.511. The highest BCUT2D eigenvalue weighted by atomic mass is 16.9. The molecule has 0 aromatic heterocycles. The Morgan fingerprint density at radius 1 is 1.00 bits per heavy atom. The molecule has 0 heterocycles. The van der Waals surface area contributed by atoms with Crippen molar-refractivity contribution in [2.45, 2.75) is 0 Å². The van der Waals surface area contributed by atoms with Crippen LogP contribution >= 0.6 is 0 Å². The van der Waals surface area contributed by atoms with Crippen LogP contribution in [0.4, 0.5) is 0 Å². The van der Waals surface area contributed by atoms with Crippen molar-refractivity contribution in [3.63, 3.8) is 0 Å². The standard InChI is InChI=1S/C5H17N3O/c1-7(2,3)9-8(4,5)6/h6H2,1-5H3/q+2. The maximum absolute atomic E-state index is 5.52. The maximum Gasteiger partial charge on any atom is 0.124 e. The van der Waals surface area contributed by atoms with Crippen LogP contribution < -0.4 is 5.84 Å². The van der Waals surface area contributed by atoms with Crippen LogP contribution in [0.5, 0.6) is 0 Å². The number of quaternary nitrogens is 2. The zero-order valence-electron chi connectivity index (χ0n) is 6.88. The van der Waals surface area contributed by atoms with Crippen LogP contribution in [0.2, 0.25) is 0 Å². The second-order valence-electron chi connectivity index (χ2n) is 3.41. The summed E-state index contributed by atoms with van der Waals surface area (Å²) in [5.41, 5.74) is 0. The minimum absolute atomic E-state index is 0.0312. The summed E-state index contributed by atoms with van der Waals surface area (Å²) < 4.78 is 0.438. The van der Waals surface area contributed by atoms with E-state index in [0.717, 1.165) is 0 Å². The SMILES string of the molecule is C[N+](C)(C)O[N+](C)(C)N. The highest BCUT2D eigenvalue weighted by molar-refractivity contribution is 3.79. The second kappa shape index (κ2) is 2.22. The van der Waals surface area contributed by atoms with E-state index in [-0.39, 0.29) is 4.76 Å². The van der Waals surface area contributed by atoms with Crippen LogP contribution in [-0.4, -0.2) is 44.6 Å². The lowest BCUT2D eigenvalue weighted by Gasteiger charge is -2.26. The van der Waals surface area contributed by atoms with Gasteiger partial charge in [-0.05, 0) is 0 Å². The van der Waals surface area contributed by atoms with E-state index >= 15 is 0 Å². The molecule has 0 spiro atoms. The van der Waals surface area contributed by atoms with Gasteiger partial charge in [-0.3, -0.25) is 0 Å². The van der Waals surface area contributed by atoms with Gasteiger partial charge in [-0.1, -0.05) is 4.76 Å². The largest absolute Gasteiger partial charge is 0.143 e. The molecule has 0 aromatic carbocycles. The fourth-order valence-electron chi connectivity index (χ4n) is 0.631. The molecule has 0 saturated heterocycles. The van der Waals surface area contributed by atoms with Crippen molar-refractivity contribution in [3.8, 4) is 0 Å². The van der Waals surface area contributed by atoms with Gasteiger partial charge < -0.3 is 0 Å². The summed E-state index contributed by atoms with van der Waals surface area (Å²) in [6.45, 7) is 0. The summed E-state index contributed by atoms with van der Waals surface area (Å²) >= 11 is 0. The van der Waals surface area contributed by atoms with Gasteiger partial charge in [0.1, 0.15) is 35.2 Å². The first-order valence-corrected chi connectivity index (χ1v) is 2.86. The van der Waals surface area contributed by atoms with Crippen LogP contribution in [-0.2, 0) is 4.94 Å². The quantitative estimate of drug-likeness (QED) is 0.314. The molecule has 0 aliphatic rings. The lowest BCUT2D eigenvalue weighted by atomic mass is 10.9. The van der Waals surface area contributed by atoms with Crippen LogP contribution in [0.1, 0.15) is 0 Å². The minimum Gasteiger partial charge on any atom is -0.143 e. The van der Waals surface area contributed by atoms with Gasteiger partial charge in [-0.25, -0.2) is 0 Å². The topological polar surface area (TPSA) is 35.2 Å². The molecule has 0 bridgehead atoms. The van der Waals surface area contributed by atoms with Crippen molar-refractivity contribution in [2.75, 3.05) is 35.2 Å². The number of nitrogens with two attached hydrogens (primary N) is 1. The van der Waals surface area contributed by atoms with Crippen molar-refractivity contribution < 1.29 is 14.3 Å². The van der Waals surface area contributed by atoms with Crippen LogP contribution in [0.3, 0.4) is 0 Å². The first kappa shape index (κ1) is 8.84. The fourth-order valence-corrected chi connectivity index (χ4v) is 0.631. The fraction of sp³-hybridized carbons (Fsp3) is 1.00. The molecular weight excluding hydrogens is 118 g/mol. The van der Waals surface area contributed by atoms with E-state index in [4.69, 9.17) is 10.8 Å². The Kier molecular flexibility index (Phi) is 2.19. The van der Waals surface area contributed by atoms with Crippen molar-refractivity contribution in [1.82, 2.24) is 0 Å². The van der Waals surface area contributed by atoms with Crippen LogP contribution in [0.15, 0.2) is 0 Å². The average Bonchev–Trinajstić information content (AvgIpc) is 1.14. The minimum atomic E-state index is 0.0312. The number of hydroxylamine groups is 5. The molecule has 0 aliphatic carbocycles. The van der Waals surface area contributed by atoms with E-state index in [9.17, 15) is 0 Å². The van der Waals surface area contributed by atoms with E-state index in [0.29, 0.717) is 4.65 Å². The molecule has 0 saturated carbocycles. The molecular formula is C5H17N3O+2. The molecule has 56 valence electrons. The highest BCUT2D eigenvalue weighted by Crippen LogP contribution is 1.97. The Labute approximate surface area is 56.5 Å². The molecule has 0 aromatic rings. The molecule has 0 aliphatic heterocycles. The first-order valence-electron chi connectivity index (χ1n) is 2.86. The zero-order chi connectivity index (χ0) is 7.71. The van der Waals surface area contributed by atoms with Crippen molar-refractivity contribution in [1.29, 1.82) is 0 Å². The molecule has 2 N–H and O–H groups in total. The normalized spacial score (nSPS) is 14.0. The van der Waals surface area contributed by atoms with Crippen LogP contribution in [0, 0.1) is 0 Å². The van der Waals surface area contributed by atoms with Gasteiger partial charge in [-0.15, -0.1) is 10.5 Å². The molecule has 9 heavy (non-hydrogen) atoms. The molecule has 0 radical (unpaired) electrons. The third-order valence-electron chi connectivity index (χ3n) is 0.455. The Morgan fingerprint density at radius 2 is 1.33 bits per heavy atom. The lowest BCUT2D eigenvalue weighted by Crippen LogP contribution is -2.55. The van der Waals surface area contributed by atoms with Gasteiger partial charge in [0.25, 0.3) is 0 Å². The number of nitrogens with zero attached hydrogens (tertiary/aromatic N) is 2. The van der Waals surface area contributed by atoms with Gasteiger partial charge >= 0.3 is 0 Å². The summed E-state index contributed by atoms with van der Waals surface area (Å²) in [6.07, 6.45) is 0. The summed E-state index contributed by atoms with van der Waals surface area (Å²) in [6, 6.07) is 0. The van der Waals surface area contributed by atoms with E-state index in [1.165, 1.54) is 0 Å². The molecule has 0 rings (SSSR count). The van der Waals surface area contributed by atoms with Gasteiger partial charge in [0.05, 0.1) is 0 Å². The first-order chi connectivity index (χ1) is 3.71. The number of rotatable bonds is 2. The molecule has 4 heteroatoms. The molecule has 4 nitrogen and oxygen atoms in total. The van der Waals surface area contributed by atoms with Crippen molar-refractivity contribution in [2.24, 2.45) is 5.84 Å². The van der Waals surface area contributed by atoms with Crippen molar-refractivity contribution >= 4 is 0 Å². The predicted molar refractivity (Wildman–Crippen MR) is 35.4 cm³/mol. The Morgan fingerprint density at radius 3 is 1.33 bits per heavy atom. The monoisotopic (exact) mass is 135 g/mol. The number of hydrogen-bond donors (Lipinski definition) is 1. The molecule has 0 unspecified atom stereocenters. The van der Waals surface area contributed by atoms with Gasteiger partial charge in [0.15, 0.2) is 0 Å². The highest BCUT2D eigenvalue weighted by Gasteiger charge is 2.22. The third-order valence-corrected chi connectivity index (χ3v) is 0.455. The summed E-state index contributed by atoms with van der Waals surface area (Å²) in [7, 11) is 9.26. The lowest BCUT2D eigenvalue weighted by molar-refractivity contribution is -1.32. The Bertz CT molecular complexity index is 77.4. The average molecular weight is 135 g/mol. The van der Waals surface area contributed by atoms with Gasteiger partial charge in [-0.2, -0.15) is 0 Å². The molecule has 0 atom stereocenters. The molecule has 0 amide bonds. The second-order valence-corrected chi connectivity index (χ2v) is 3.41. The smallest absolute Gasteiger partial charge is 0.124 e. The van der Waals surface area contributed by atoms with Crippen molar-refractivity contribution in [3.05, 3.63) is 0 Å². The zero-order valence-corrected chi connectivity index (χ0v) is 6.88. The van der Waals surface area contributed by atoms with Crippen LogP contribution in [0.25, 0.3) is 0 Å². The summed E-state index contributed by atoms with van der Waals surface area (Å²) in [5, 5.41) is 0.